The third-order valence-electron chi connectivity index (χ3n) is 9.90. The van der Waals surface area contributed by atoms with Gasteiger partial charge in [-0.1, -0.05) is 133 Å². The fourth-order valence-electron chi connectivity index (χ4n) is 7.51. The van der Waals surface area contributed by atoms with Gasteiger partial charge in [-0.2, -0.15) is 0 Å². The number of rotatable bonds is 6. The van der Waals surface area contributed by atoms with E-state index in [0.29, 0.717) is 0 Å². The van der Waals surface area contributed by atoms with Crippen molar-refractivity contribution in [3.63, 3.8) is 0 Å². The molecule has 0 saturated carbocycles. The first-order valence-corrected chi connectivity index (χ1v) is 18.1. The summed E-state index contributed by atoms with van der Waals surface area (Å²) in [6.45, 7) is 0. The lowest BCUT2D eigenvalue weighted by molar-refractivity contribution is 0.673. The maximum absolute atomic E-state index is 6.64. The van der Waals surface area contributed by atoms with Crippen molar-refractivity contribution in [1.82, 2.24) is 0 Å². The number of hydrogen-bond donors (Lipinski definition) is 0. The van der Waals surface area contributed by atoms with Gasteiger partial charge < -0.3 is 9.32 Å². The zero-order valence-electron chi connectivity index (χ0n) is 27.7. The number of anilines is 3. The summed E-state index contributed by atoms with van der Waals surface area (Å²) in [5.41, 5.74) is 12.4. The van der Waals surface area contributed by atoms with Crippen molar-refractivity contribution >= 4 is 70.5 Å². The van der Waals surface area contributed by atoms with E-state index in [1.807, 2.05) is 17.4 Å². The molecule has 0 aliphatic heterocycles. The number of furan rings is 1. The van der Waals surface area contributed by atoms with Gasteiger partial charge >= 0.3 is 0 Å². The Hall–Kier alpha value is -6.42. The second kappa shape index (κ2) is 12.2. The lowest BCUT2D eigenvalue weighted by atomic mass is 9.94. The summed E-state index contributed by atoms with van der Waals surface area (Å²) in [4.78, 5) is 2.40. The molecule has 2 aromatic heterocycles. The van der Waals surface area contributed by atoms with Crippen LogP contribution in [-0.4, -0.2) is 0 Å². The van der Waals surface area contributed by atoms with Gasteiger partial charge in [-0.3, -0.25) is 0 Å². The lowest BCUT2D eigenvalue weighted by Crippen LogP contribution is -2.10. The first-order chi connectivity index (χ1) is 25.3. The molecule has 0 aliphatic rings. The van der Waals surface area contributed by atoms with E-state index in [2.05, 4.69) is 187 Å². The summed E-state index contributed by atoms with van der Waals surface area (Å²) in [5.74, 6) is 0. The summed E-state index contributed by atoms with van der Waals surface area (Å²) < 4.78 is 9.09. The van der Waals surface area contributed by atoms with Gasteiger partial charge in [-0.15, -0.1) is 11.3 Å². The Balaban J connectivity index is 1.18. The van der Waals surface area contributed by atoms with E-state index >= 15 is 0 Å². The molecule has 0 atom stereocenters. The van der Waals surface area contributed by atoms with Crippen LogP contribution in [0.25, 0.3) is 75.5 Å². The molecule has 0 fully saturated rings. The van der Waals surface area contributed by atoms with Crippen molar-refractivity contribution in [3.8, 4) is 33.4 Å². The van der Waals surface area contributed by atoms with Crippen molar-refractivity contribution in [1.29, 1.82) is 0 Å². The summed E-state index contributed by atoms with van der Waals surface area (Å²) in [6.07, 6.45) is 0. The molecule has 0 N–H and O–H groups in total. The molecule has 0 saturated heterocycles. The number of benzene rings is 8. The minimum atomic E-state index is 0.913. The minimum Gasteiger partial charge on any atom is -0.455 e. The summed E-state index contributed by atoms with van der Waals surface area (Å²) in [7, 11) is 0. The van der Waals surface area contributed by atoms with Crippen LogP contribution in [0.4, 0.5) is 17.1 Å². The predicted molar refractivity (Wildman–Crippen MR) is 218 cm³/mol. The Kier molecular flexibility index (Phi) is 7.04. The van der Waals surface area contributed by atoms with E-state index in [0.717, 1.165) is 39.0 Å². The van der Waals surface area contributed by atoms with E-state index in [9.17, 15) is 0 Å². The smallest absolute Gasteiger partial charge is 0.144 e. The molecular formula is C48H31NOS. The van der Waals surface area contributed by atoms with Gasteiger partial charge in [0.05, 0.1) is 5.69 Å². The van der Waals surface area contributed by atoms with Crippen molar-refractivity contribution in [2.45, 2.75) is 0 Å². The van der Waals surface area contributed by atoms with Crippen LogP contribution in [0.3, 0.4) is 0 Å². The van der Waals surface area contributed by atoms with Gasteiger partial charge in [0.25, 0.3) is 0 Å². The first kappa shape index (κ1) is 29.5. The van der Waals surface area contributed by atoms with Gasteiger partial charge in [-0.25, -0.2) is 0 Å². The highest BCUT2D eigenvalue weighted by Gasteiger charge is 2.22. The quantitative estimate of drug-likeness (QED) is 0.175. The van der Waals surface area contributed by atoms with Crippen LogP contribution < -0.4 is 4.90 Å². The van der Waals surface area contributed by atoms with Crippen LogP contribution >= 0.6 is 11.3 Å². The molecule has 0 spiro atoms. The Labute approximate surface area is 300 Å². The highest BCUT2D eigenvalue weighted by Crippen LogP contribution is 2.48. The third kappa shape index (κ3) is 5.01. The molecule has 0 unspecified atom stereocenters. The number of para-hydroxylation sites is 1. The van der Waals surface area contributed by atoms with E-state index in [1.165, 1.54) is 53.6 Å². The lowest BCUT2D eigenvalue weighted by Gasteiger charge is -2.27. The summed E-state index contributed by atoms with van der Waals surface area (Å²) in [5, 5.41) is 4.66. The second-order valence-electron chi connectivity index (χ2n) is 12.9. The predicted octanol–water partition coefficient (Wildman–Crippen LogP) is 14.4. The van der Waals surface area contributed by atoms with Crippen LogP contribution in [-0.2, 0) is 0 Å². The largest absolute Gasteiger partial charge is 0.455 e. The zero-order chi connectivity index (χ0) is 33.7. The molecule has 0 bridgehead atoms. The van der Waals surface area contributed by atoms with Gasteiger partial charge in [0.15, 0.2) is 0 Å². The average molecular weight is 670 g/mol. The molecule has 0 radical (unpaired) electrons. The Morgan fingerprint density at radius 2 is 0.922 bits per heavy atom. The second-order valence-corrected chi connectivity index (χ2v) is 14.0. The number of hydrogen-bond acceptors (Lipinski definition) is 3. The maximum atomic E-state index is 6.64. The number of nitrogens with zero attached hydrogens (tertiary/aromatic N) is 1. The van der Waals surface area contributed by atoms with Crippen LogP contribution in [0.1, 0.15) is 0 Å². The van der Waals surface area contributed by atoms with Crippen LogP contribution in [0.15, 0.2) is 192 Å². The molecule has 10 rings (SSSR count). The number of fused-ring (bicyclic) bond motifs is 7. The molecule has 0 amide bonds. The van der Waals surface area contributed by atoms with Crippen molar-refractivity contribution < 1.29 is 4.42 Å². The van der Waals surface area contributed by atoms with Gasteiger partial charge in [0.1, 0.15) is 11.2 Å². The molecule has 3 heteroatoms. The first-order valence-electron chi connectivity index (χ1n) is 17.3. The molecule has 2 heterocycles. The van der Waals surface area contributed by atoms with Gasteiger partial charge in [0, 0.05) is 42.3 Å². The Morgan fingerprint density at radius 1 is 0.373 bits per heavy atom. The molecule has 240 valence electrons. The minimum absolute atomic E-state index is 0.913. The normalized spacial score (nSPS) is 11.5. The standard InChI is InChI=1S/C48H31NOS/c1-3-12-32(13-4-1)33-22-26-36(27-23-33)49(37-28-24-35(25-29-37)39-17-8-7-16-38(39)34-14-5-2-6-15-34)42-19-11-21-44-46(42)47-45(51-44)31-30-41-40-18-9-10-20-43(40)50-48(41)47/h1-31H. The van der Waals surface area contributed by atoms with Crippen molar-refractivity contribution in [3.05, 3.63) is 188 Å². The molecular weight excluding hydrogens is 639 g/mol. The van der Waals surface area contributed by atoms with Gasteiger partial charge in [-0.05, 0) is 88.0 Å². The van der Waals surface area contributed by atoms with E-state index in [-0.39, 0.29) is 0 Å². The Bertz CT molecular complexity index is 2830. The van der Waals surface area contributed by atoms with E-state index < -0.39 is 0 Å². The third-order valence-corrected chi connectivity index (χ3v) is 11.0. The average Bonchev–Trinajstić information content (AvgIpc) is 3.78. The monoisotopic (exact) mass is 669 g/mol. The molecule has 2 nitrogen and oxygen atoms in total. The van der Waals surface area contributed by atoms with Crippen LogP contribution in [0, 0.1) is 0 Å². The SMILES string of the molecule is c1ccc(-c2ccc(N(c3ccc(-c4ccccc4-c4ccccc4)cc3)c3cccc4sc5ccc6c7ccccc7oc6c5c34)cc2)cc1. The molecule has 51 heavy (non-hydrogen) atoms. The topological polar surface area (TPSA) is 16.4 Å². The fourth-order valence-corrected chi connectivity index (χ4v) is 8.63. The van der Waals surface area contributed by atoms with Gasteiger partial charge in [0.2, 0.25) is 0 Å². The molecule has 10 aromatic rings. The van der Waals surface area contributed by atoms with E-state index in [4.69, 9.17) is 4.42 Å². The van der Waals surface area contributed by atoms with Crippen LogP contribution in [0.5, 0.6) is 0 Å². The molecule has 0 aliphatic carbocycles. The maximum Gasteiger partial charge on any atom is 0.144 e. The number of thiophene rings is 1. The van der Waals surface area contributed by atoms with E-state index in [1.54, 1.807) is 0 Å². The fraction of sp³-hybridized carbons (Fsp3) is 0. The summed E-state index contributed by atoms with van der Waals surface area (Å²) >= 11 is 1.82. The molecule has 8 aromatic carbocycles. The highest BCUT2D eigenvalue weighted by molar-refractivity contribution is 7.26. The van der Waals surface area contributed by atoms with Crippen molar-refractivity contribution in [2.75, 3.05) is 4.90 Å². The zero-order valence-corrected chi connectivity index (χ0v) is 28.5. The Morgan fingerprint density at radius 3 is 1.63 bits per heavy atom. The summed E-state index contributed by atoms with van der Waals surface area (Å²) in [6, 6.07) is 67.3. The van der Waals surface area contributed by atoms with Crippen molar-refractivity contribution in [2.24, 2.45) is 0 Å². The highest BCUT2D eigenvalue weighted by atomic mass is 32.1. The van der Waals surface area contributed by atoms with Crippen LogP contribution in [0.2, 0.25) is 0 Å².